The first kappa shape index (κ1) is 22.2. The minimum absolute atomic E-state index is 0.0178. The molecule has 1 aliphatic heterocycles. The average Bonchev–Trinajstić information content (AvgIpc) is 2.95. The normalized spacial score (nSPS) is 22.7. The number of nitrogens with one attached hydrogen (secondary N) is 2. The molecule has 0 spiro atoms. The van der Waals surface area contributed by atoms with Gasteiger partial charge in [0.05, 0.1) is 32.5 Å². The summed E-state index contributed by atoms with van der Waals surface area (Å²) in [5, 5.41) is 6.00. The molecule has 0 aromatic carbocycles. The van der Waals surface area contributed by atoms with E-state index in [1.165, 1.54) is 0 Å². The van der Waals surface area contributed by atoms with Crippen molar-refractivity contribution in [2.75, 3.05) is 45.3 Å². The zero-order valence-electron chi connectivity index (χ0n) is 14.8. The Bertz CT molecular complexity index is 376. The van der Waals surface area contributed by atoms with Gasteiger partial charge in [-0.15, -0.1) is 0 Å². The molecule has 1 saturated heterocycles. The lowest BCUT2D eigenvalue weighted by molar-refractivity contribution is -0.121. The molecule has 6 N–H and O–H groups in total. The third kappa shape index (κ3) is 10.0. The van der Waals surface area contributed by atoms with Crippen LogP contribution in [0.1, 0.15) is 25.7 Å². The van der Waals surface area contributed by atoms with E-state index in [-0.39, 0.29) is 18.0 Å². The van der Waals surface area contributed by atoms with E-state index < -0.39 is 0 Å². The molecule has 1 rings (SSSR count). The third-order valence-electron chi connectivity index (χ3n) is 3.97. The lowest BCUT2D eigenvalue weighted by Gasteiger charge is -2.20. The number of ether oxygens (including phenoxy) is 2. The Morgan fingerprint density at radius 3 is 2.68 bits per heavy atom. The zero-order chi connectivity index (χ0) is 18.3. The molecule has 0 aliphatic carbocycles. The van der Waals surface area contributed by atoms with Crippen LogP contribution in [0.5, 0.6) is 0 Å². The third-order valence-corrected chi connectivity index (χ3v) is 5.50. The Balaban J connectivity index is 1.95. The van der Waals surface area contributed by atoms with Crippen molar-refractivity contribution in [3.05, 3.63) is 0 Å². The molecule has 1 heterocycles. The minimum atomic E-state index is 0.0178. The molecule has 146 valence electrons. The number of amides is 2. The molecule has 25 heavy (non-hydrogen) atoms. The first-order valence-corrected chi connectivity index (χ1v) is 9.93. The van der Waals surface area contributed by atoms with E-state index in [4.69, 9.17) is 20.9 Å². The highest BCUT2D eigenvalue weighted by atomic mass is 32.2. The number of rotatable bonds is 15. The zero-order valence-corrected chi connectivity index (χ0v) is 15.6. The van der Waals surface area contributed by atoms with Gasteiger partial charge in [-0.05, 0) is 12.8 Å². The molecule has 0 aromatic heterocycles. The van der Waals surface area contributed by atoms with Crippen LogP contribution in [0.2, 0.25) is 0 Å². The molecule has 0 bridgehead atoms. The summed E-state index contributed by atoms with van der Waals surface area (Å²) in [6, 6.07) is 0.0616. The van der Waals surface area contributed by atoms with E-state index >= 15 is 0 Å². The summed E-state index contributed by atoms with van der Waals surface area (Å²) in [4.78, 5) is 22.4. The lowest BCUT2D eigenvalue weighted by Crippen LogP contribution is -2.46. The lowest BCUT2D eigenvalue weighted by atomic mass is 10.0. The van der Waals surface area contributed by atoms with Gasteiger partial charge in [0.2, 0.25) is 12.3 Å². The van der Waals surface area contributed by atoms with Crippen molar-refractivity contribution in [3.8, 4) is 0 Å². The smallest absolute Gasteiger partial charge is 0.220 e. The Hall–Kier alpha value is -0.870. The standard InChI is InChI=1S/C16H32N4O4S/c17-5-7-23-9-10-24-8-6-19-15(22)4-2-1-3-14-16(20-12-21)13(18)11-25-14/h12-14,16H,1-11,17-18H2,(H,19,22)(H,20,21)/t13-,14-,16-/m0/s1. The largest absolute Gasteiger partial charge is 0.378 e. The summed E-state index contributed by atoms with van der Waals surface area (Å²) >= 11 is 1.80. The molecule has 0 radical (unpaired) electrons. The van der Waals surface area contributed by atoms with Crippen molar-refractivity contribution in [2.45, 2.75) is 43.0 Å². The van der Waals surface area contributed by atoms with E-state index in [0.29, 0.717) is 51.2 Å². The van der Waals surface area contributed by atoms with Gasteiger partial charge < -0.3 is 31.6 Å². The van der Waals surface area contributed by atoms with Crippen LogP contribution in [0.15, 0.2) is 0 Å². The van der Waals surface area contributed by atoms with Crippen LogP contribution in [0.3, 0.4) is 0 Å². The van der Waals surface area contributed by atoms with Crippen molar-refractivity contribution >= 4 is 24.1 Å². The van der Waals surface area contributed by atoms with Crippen molar-refractivity contribution < 1.29 is 19.1 Å². The second kappa shape index (κ2) is 14.3. The van der Waals surface area contributed by atoms with E-state index in [1.807, 2.05) is 0 Å². The number of unbranched alkanes of at least 4 members (excludes halogenated alkanes) is 1. The Morgan fingerprint density at radius 1 is 1.20 bits per heavy atom. The number of hydrogen-bond donors (Lipinski definition) is 4. The summed E-state index contributed by atoms with van der Waals surface area (Å²) in [6.07, 6.45) is 3.98. The van der Waals surface area contributed by atoms with Gasteiger partial charge in [0.1, 0.15) is 0 Å². The van der Waals surface area contributed by atoms with Crippen molar-refractivity contribution in [2.24, 2.45) is 11.5 Å². The van der Waals surface area contributed by atoms with E-state index in [1.54, 1.807) is 11.8 Å². The number of carbonyl (C=O) groups excluding carboxylic acids is 2. The van der Waals surface area contributed by atoms with Crippen molar-refractivity contribution in [1.29, 1.82) is 0 Å². The second-order valence-corrected chi connectivity index (χ2v) is 7.23. The van der Waals surface area contributed by atoms with Crippen LogP contribution in [-0.2, 0) is 19.1 Å². The fraction of sp³-hybridized carbons (Fsp3) is 0.875. The molecular weight excluding hydrogens is 344 g/mol. The highest BCUT2D eigenvalue weighted by molar-refractivity contribution is 8.00. The molecule has 3 atom stereocenters. The summed E-state index contributed by atoms with van der Waals surface area (Å²) < 4.78 is 10.5. The summed E-state index contributed by atoms with van der Waals surface area (Å²) in [7, 11) is 0. The molecule has 1 fully saturated rings. The monoisotopic (exact) mass is 376 g/mol. The van der Waals surface area contributed by atoms with Crippen molar-refractivity contribution in [3.63, 3.8) is 0 Å². The van der Waals surface area contributed by atoms with Crippen LogP contribution >= 0.6 is 11.8 Å². The predicted molar refractivity (Wildman–Crippen MR) is 99.4 cm³/mol. The van der Waals surface area contributed by atoms with Crippen LogP contribution < -0.4 is 22.1 Å². The van der Waals surface area contributed by atoms with Gasteiger partial charge in [0, 0.05) is 36.6 Å². The fourth-order valence-corrected chi connectivity index (χ4v) is 4.18. The molecule has 8 nitrogen and oxygen atoms in total. The number of carbonyl (C=O) groups is 2. The number of thioether (sulfide) groups is 1. The fourth-order valence-electron chi connectivity index (χ4n) is 2.68. The summed E-state index contributed by atoms with van der Waals surface area (Å²) in [6.45, 7) is 3.07. The van der Waals surface area contributed by atoms with Gasteiger partial charge in [-0.3, -0.25) is 9.59 Å². The minimum Gasteiger partial charge on any atom is -0.378 e. The molecule has 0 saturated carbocycles. The van der Waals surface area contributed by atoms with Gasteiger partial charge in [-0.25, -0.2) is 0 Å². The first-order valence-electron chi connectivity index (χ1n) is 8.88. The maximum absolute atomic E-state index is 11.7. The Kier molecular flexibility index (Phi) is 12.7. The maximum Gasteiger partial charge on any atom is 0.220 e. The molecule has 2 amide bonds. The average molecular weight is 377 g/mol. The van der Waals surface area contributed by atoms with Gasteiger partial charge in [0.15, 0.2) is 0 Å². The van der Waals surface area contributed by atoms with E-state index in [9.17, 15) is 9.59 Å². The Morgan fingerprint density at radius 2 is 1.96 bits per heavy atom. The highest BCUT2D eigenvalue weighted by Crippen LogP contribution is 2.30. The van der Waals surface area contributed by atoms with Crippen LogP contribution in [0.25, 0.3) is 0 Å². The van der Waals surface area contributed by atoms with Crippen LogP contribution in [0.4, 0.5) is 0 Å². The SMILES string of the molecule is NCCOCCOCCNC(=O)CCCC[C@@H]1SC[C@H](N)[C@@H]1NC=O. The van der Waals surface area contributed by atoms with Crippen LogP contribution in [0, 0.1) is 0 Å². The summed E-state index contributed by atoms with van der Waals surface area (Å²) in [5.74, 6) is 0.912. The number of nitrogens with two attached hydrogens (primary N) is 2. The highest BCUT2D eigenvalue weighted by Gasteiger charge is 2.33. The van der Waals surface area contributed by atoms with Gasteiger partial charge >= 0.3 is 0 Å². The molecular formula is C16H32N4O4S. The second-order valence-electron chi connectivity index (χ2n) is 5.96. The van der Waals surface area contributed by atoms with Gasteiger partial charge in [-0.2, -0.15) is 11.8 Å². The van der Waals surface area contributed by atoms with Crippen LogP contribution in [-0.4, -0.2) is 74.9 Å². The van der Waals surface area contributed by atoms with E-state index in [0.717, 1.165) is 31.4 Å². The molecule has 9 heteroatoms. The van der Waals surface area contributed by atoms with Gasteiger partial charge in [-0.1, -0.05) is 6.42 Å². The maximum atomic E-state index is 11.7. The summed E-state index contributed by atoms with van der Waals surface area (Å²) in [5.41, 5.74) is 11.3. The quantitative estimate of drug-likeness (QED) is 0.218. The Labute approximate surface area is 154 Å². The topological polar surface area (TPSA) is 129 Å². The van der Waals surface area contributed by atoms with Gasteiger partial charge in [0.25, 0.3) is 0 Å². The van der Waals surface area contributed by atoms with Crippen molar-refractivity contribution in [1.82, 2.24) is 10.6 Å². The molecule has 1 aliphatic rings. The van der Waals surface area contributed by atoms with E-state index in [2.05, 4.69) is 10.6 Å². The molecule has 0 unspecified atom stereocenters. The number of hydrogen-bond acceptors (Lipinski definition) is 7. The molecule has 0 aromatic rings. The first-order chi connectivity index (χ1) is 12.2. The predicted octanol–water partition coefficient (Wildman–Crippen LogP) is -0.788.